The predicted octanol–water partition coefficient (Wildman–Crippen LogP) is 4.30. The van der Waals surface area contributed by atoms with Crippen LogP contribution < -0.4 is 5.32 Å². The van der Waals surface area contributed by atoms with Crippen LogP contribution in [0.15, 0.2) is 24.3 Å². The van der Waals surface area contributed by atoms with E-state index < -0.39 is 0 Å². The lowest BCUT2D eigenvalue weighted by molar-refractivity contribution is 0.0526. The van der Waals surface area contributed by atoms with Crippen molar-refractivity contribution in [2.24, 2.45) is 0 Å². The van der Waals surface area contributed by atoms with Crippen molar-refractivity contribution in [1.29, 1.82) is 0 Å². The van der Waals surface area contributed by atoms with Crippen LogP contribution in [0.25, 0.3) is 0 Å². The number of hydrogen-bond acceptors (Lipinski definition) is 3. The van der Waals surface area contributed by atoms with Gasteiger partial charge >= 0.3 is 12.0 Å². The number of anilines is 1. The quantitative estimate of drug-likeness (QED) is 0.690. The van der Waals surface area contributed by atoms with Crippen LogP contribution in [0.1, 0.15) is 56.8 Å². The molecule has 0 fully saturated rings. The minimum Gasteiger partial charge on any atom is -0.462 e. The average Bonchev–Trinajstić information content (AvgIpc) is 2.55. The van der Waals surface area contributed by atoms with Gasteiger partial charge in [0.2, 0.25) is 0 Å². The molecule has 0 spiro atoms. The molecule has 128 valence electrons. The molecule has 2 amide bonds. The van der Waals surface area contributed by atoms with E-state index >= 15 is 0 Å². The molecule has 0 bridgehead atoms. The van der Waals surface area contributed by atoms with E-state index in [1.807, 2.05) is 4.90 Å². The summed E-state index contributed by atoms with van der Waals surface area (Å²) in [5.74, 6) is -0.349. The summed E-state index contributed by atoms with van der Waals surface area (Å²) in [6, 6.07) is 6.69. The van der Waals surface area contributed by atoms with Gasteiger partial charge in [0.25, 0.3) is 0 Å². The number of carbonyl (C=O) groups excluding carboxylic acids is 2. The maximum absolute atomic E-state index is 12.4. The fourth-order valence-corrected chi connectivity index (χ4v) is 2.12. The molecule has 0 saturated carbocycles. The number of nitrogens with one attached hydrogen (secondary N) is 1. The van der Waals surface area contributed by atoms with E-state index in [1.165, 1.54) is 0 Å². The highest BCUT2D eigenvalue weighted by Crippen LogP contribution is 2.12. The first kappa shape index (κ1) is 19.0. The highest BCUT2D eigenvalue weighted by molar-refractivity contribution is 5.92. The molecule has 0 heterocycles. The van der Waals surface area contributed by atoms with Crippen molar-refractivity contribution in [3.05, 3.63) is 29.8 Å². The number of benzene rings is 1. The first-order valence-corrected chi connectivity index (χ1v) is 8.45. The standard InChI is InChI=1S/C18H28N2O3/c1-4-7-13-20(14-8-5-2)18(22)19-16-11-9-15(10-12-16)17(21)23-6-3/h9-12H,4-8,13-14H2,1-3H3,(H,19,22). The molecule has 0 saturated heterocycles. The smallest absolute Gasteiger partial charge is 0.338 e. The number of urea groups is 1. The zero-order chi connectivity index (χ0) is 17.1. The minimum atomic E-state index is -0.349. The highest BCUT2D eigenvalue weighted by atomic mass is 16.5. The van der Waals surface area contributed by atoms with Crippen LogP contribution in [0.3, 0.4) is 0 Å². The van der Waals surface area contributed by atoms with Gasteiger partial charge in [0.1, 0.15) is 0 Å². The zero-order valence-electron chi connectivity index (χ0n) is 14.4. The number of rotatable bonds is 9. The summed E-state index contributed by atoms with van der Waals surface area (Å²) in [6.07, 6.45) is 4.12. The normalized spacial score (nSPS) is 10.2. The molecule has 0 unspecified atom stereocenters. The molecule has 1 aromatic rings. The van der Waals surface area contributed by atoms with E-state index in [0.29, 0.717) is 17.9 Å². The number of carbonyl (C=O) groups is 2. The molecule has 0 radical (unpaired) electrons. The molecular formula is C18H28N2O3. The van der Waals surface area contributed by atoms with Gasteiger partial charge in [0.15, 0.2) is 0 Å². The lowest BCUT2D eigenvalue weighted by Crippen LogP contribution is -2.36. The van der Waals surface area contributed by atoms with Crippen LogP contribution >= 0.6 is 0 Å². The molecule has 0 atom stereocenters. The van der Waals surface area contributed by atoms with Crippen LogP contribution in [-0.2, 0) is 4.74 Å². The summed E-state index contributed by atoms with van der Waals surface area (Å²) < 4.78 is 4.94. The maximum Gasteiger partial charge on any atom is 0.338 e. The van der Waals surface area contributed by atoms with Crippen LogP contribution in [0.2, 0.25) is 0 Å². The van der Waals surface area contributed by atoms with Crippen LogP contribution in [-0.4, -0.2) is 36.6 Å². The van der Waals surface area contributed by atoms with Gasteiger partial charge in [-0.1, -0.05) is 26.7 Å². The number of unbranched alkanes of at least 4 members (excludes halogenated alkanes) is 2. The third-order valence-electron chi connectivity index (χ3n) is 3.50. The van der Waals surface area contributed by atoms with Gasteiger partial charge in [-0.3, -0.25) is 0 Å². The van der Waals surface area contributed by atoms with Gasteiger partial charge in [-0.15, -0.1) is 0 Å². The lowest BCUT2D eigenvalue weighted by atomic mass is 10.2. The number of hydrogen-bond donors (Lipinski definition) is 1. The van der Waals surface area contributed by atoms with Crippen LogP contribution in [0.4, 0.5) is 10.5 Å². The van der Waals surface area contributed by atoms with E-state index in [0.717, 1.165) is 38.8 Å². The third kappa shape index (κ3) is 6.72. The number of ether oxygens (including phenoxy) is 1. The van der Waals surface area contributed by atoms with Crippen molar-refractivity contribution >= 4 is 17.7 Å². The Bertz CT molecular complexity index is 478. The Morgan fingerprint density at radius 3 is 2.04 bits per heavy atom. The second-order valence-corrected chi connectivity index (χ2v) is 5.42. The third-order valence-corrected chi connectivity index (χ3v) is 3.50. The van der Waals surface area contributed by atoms with Crippen molar-refractivity contribution < 1.29 is 14.3 Å². The Morgan fingerprint density at radius 1 is 1.00 bits per heavy atom. The molecule has 1 N–H and O–H groups in total. The number of esters is 1. The second-order valence-electron chi connectivity index (χ2n) is 5.42. The van der Waals surface area contributed by atoms with Crippen molar-refractivity contribution in [3.63, 3.8) is 0 Å². The molecule has 0 aromatic heterocycles. The van der Waals surface area contributed by atoms with E-state index in [4.69, 9.17) is 4.74 Å². The van der Waals surface area contributed by atoms with E-state index in [2.05, 4.69) is 19.2 Å². The van der Waals surface area contributed by atoms with Gasteiger partial charge in [-0.05, 0) is 44.0 Å². The Balaban J connectivity index is 2.64. The molecule has 5 nitrogen and oxygen atoms in total. The minimum absolute atomic E-state index is 0.0872. The Kier molecular flexibility index (Phi) is 8.80. The number of nitrogens with zero attached hydrogens (tertiary/aromatic N) is 1. The summed E-state index contributed by atoms with van der Waals surface area (Å²) in [5.41, 5.74) is 1.17. The second kappa shape index (κ2) is 10.6. The summed E-state index contributed by atoms with van der Waals surface area (Å²) in [4.78, 5) is 25.8. The Labute approximate surface area is 139 Å². The van der Waals surface area contributed by atoms with Crippen LogP contribution in [0, 0.1) is 0 Å². The number of amides is 2. The molecule has 0 aliphatic rings. The average molecular weight is 320 g/mol. The van der Waals surface area contributed by atoms with E-state index in [9.17, 15) is 9.59 Å². The van der Waals surface area contributed by atoms with Crippen molar-refractivity contribution in [2.45, 2.75) is 46.5 Å². The monoisotopic (exact) mass is 320 g/mol. The summed E-state index contributed by atoms with van der Waals surface area (Å²) in [5, 5.41) is 2.89. The van der Waals surface area contributed by atoms with E-state index in [-0.39, 0.29) is 12.0 Å². The first-order chi connectivity index (χ1) is 11.1. The highest BCUT2D eigenvalue weighted by Gasteiger charge is 2.13. The largest absolute Gasteiger partial charge is 0.462 e. The lowest BCUT2D eigenvalue weighted by Gasteiger charge is -2.22. The molecule has 23 heavy (non-hydrogen) atoms. The van der Waals surface area contributed by atoms with Gasteiger partial charge < -0.3 is 15.0 Å². The molecule has 0 aliphatic heterocycles. The molecular weight excluding hydrogens is 292 g/mol. The van der Waals surface area contributed by atoms with Crippen molar-refractivity contribution in [2.75, 3.05) is 25.0 Å². The summed E-state index contributed by atoms with van der Waals surface area (Å²) in [7, 11) is 0. The Morgan fingerprint density at radius 2 is 1.57 bits per heavy atom. The summed E-state index contributed by atoms with van der Waals surface area (Å²) >= 11 is 0. The zero-order valence-corrected chi connectivity index (χ0v) is 14.4. The Hall–Kier alpha value is -2.04. The van der Waals surface area contributed by atoms with Crippen molar-refractivity contribution in [1.82, 2.24) is 4.90 Å². The van der Waals surface area contributed by atoms with Crippen LogP contribution in [0.5, 0.6) is 0 Å². The molecule has 0 aliphatic carbocycles. The fourth-order valence-electron chi connectivity index (χ4n) is 2.12. The van der Waals surface area contributed by atoms with E-state index in [1.54, 1.807) is 31.2 Å². The fraction of sp³-hybridized carbons (Fsp3) is 0.556. The maximum atomic E-state index is 12.4. The first-order valence-electron chi connectivity index (χ1n) is 8.45. The van der Waals surface area contributed by atoms with Gasteiger partial charge in [-0.25, -0.2) is 9.59 Å². The molecule has 1 rings (SSSR count). The summed E-state index contributed by atoms with van der Waals surface area (Å²) in [6.45, 7) is 7.88. The van der Waals surface area contributed by atoms with Gasteiger partial charge in [-0.2, -0.15) is 0 Å². The molecule has 1 aromatic carbocycles. The van der Waals surface area contributed by atoms with Crippen molar-refractivity contribution in [3.8, 4) is 0 Å². The topological polar surface area (TPSA) is 58.6 Å². The van der Waals surface area contributed by atoms with Gasteiger partial charge in [0, 0.05) is 18.8 Å². The SMILES string of the molecule is CCCCN(CCCC)C(=O)Nc1ccc(C(=O)OCC)cc1. The molecule has 5 heteroatoms. The van der Waals surface area contributed by atoms with Gasteiger partial charge in [0.05, 0.1) is 12.2 Å². The predicted molar refractivity (Wildman–Crippen MR) is 92.8 cm³/mol.